The van der Waals surface area contributed by atoms with E-state index in [4.69, 9.17) is 5.73 Å². The zero-order chi connectivity index (χ0) is 12.7. The molecule has 2 aromatic rings. The van der Waals surface area contributed by atoms with E-state index in [9.17, 15) is 5.11 Å². The van der Waals surface area contributed by atoms with Gasteiger partial charge in [0.25, 0.3) is 0 Å². The largest absolute Gasteiger partial charge is 0.506 e. The lowest BCUT2D eigenvalue weighted by molar-refractivity contribution is 0.423. The third-order valence-corrected chi connectivity index (χ3v) is 4.03. The van der Waals surface area contributed by atoms with Crippen LogP contribution in [0, 0.1) is 0 Å². The third kappa shape index (κ3) is 1.72. The van der Waals surface area contributed by atoms with Crippen molar-refractivity contribution in [1.82, 2.24) is 9.55 Å². The number of aromatic nitrogens is 2. The minimum Gasteiger partial charge on any atom is -0.506 e. The second-order valence-corrected chi connectivity index (χ2v) is 5.26. The predicted octanol–water partition coefficient (Wildman–Crippen LogP) is 2.91. The highest BCUT2D eigenvalue weighted by Gasteiger charge is 2.21. The van der Waals surface area contributed by atoms with Crippen LogP contribution in [0.5, 0.6) is 5.75 Å². The second-order valence-electron chi connectivity index (χ2n) is 5.26. The molecule has 0 spiro atoms. The van der Waals surface area contributed by atoms with Gasteiger partial charge in [0.05, 0.1) is 16.7 Å². The number of rotatable bonds is 1. The van der Waals surface area contributed by atoms with Crippen LogP contribution < -0.4 is 5.73 Å². The minimum atomic E-state index is 0.121. The maximum atomic E-state index is 9.65. The number of phenols is 1. The van der Waals surface area contributed by atoms with Gasteiger partial charge in [0.15, 0.2) is 0 Å². The van der Waals surface area contributed by atoms with E-state index in [1.54, 1.807) is 6.07 Å². The molecule has 1 fully saturated rings. The molecule has 1 heterocycles. The number of fused-ring (bicyclic) bond motifs is 1. The number of imidazole rings is 1. The topological polar surface area (TPSA) is 64.1 Å². The summed E-state index contributed by atoms with van der Waals surface area (Å²) in [6.45, 7) is 0. The third-order valence-electron chi connectivity index (χ3n) is 4.03. The first-order valence-corrected chi connectivity index (χ1v) is 6.61. The maximum absolute atomic E-state index is 9.65. The van der Waals surface area contributed by atoms with Crippen molar-refractivity contribution in [1.29, 1.82) is 0 Å². The van der Waals surface area contributed by atoms with Crippen LogP contribution in [0.1, 0.15) is 43.8 Å². The Morgan fingerprint density at radius 2 is 2.00 bits per heavy atom. The molecule has 18 heavy (non-hydrogen) atoms. The van der Waals surface area contributed by atoms with Crippen molar-refractivity contribution in [2.75, 3.05) is 5.73 Å². The highest BCUT2D eigenvalue weighted by molar-refractivity contribution is 5.83. The number of benzene rings is 1. The van der Waals surface area contributed by atoms with Crippen LogP contribution in [0.2, 0.25) is 0 Å². The second kappa shape index (κ2) is 4.19. The summed E-state index contributed by atoms with van der Waals surface area (Å²) in [5, 5.41) is 9.65. The Bertz CT molecular complexity index is 582. The number of hydrogen-bond acceptors (Lipinski definition) is 3. The van der Waals surface area contributed by atoms with E-state index < -0.39 is 0 Å². The van der Waals surface area contributed by atoms with Gasteiger partial charge >= 0.3 is 0 Å². The van der Waals surface area contributed by atoms with E-state index in [0.717, 1.165) is 16.9 Å². The Morgan fingerprint density at radius 3 is 2.72 bits per heavy atom. The predicted molar refractivity (Wildman–Crippen MR) is 72.6 cm³/mol. The van der Waals surface area contributed by atoms with Gasteiger partial charge in [0, 0.05) is 19.0 Å². The molecule has 0 aliphatic heterocycles. The Balaban J connectivity index is 2.10. The van der Waals surface area contributed by atoms with Gasteiger partial charge in [-0.3, -0.25) is 0 Å². The molecule has 96 valence electrons. The number of hydrogen-bond donors (Lipinski definition) is 2. The number of anilines is 1. The summed E-state index contributed by atoms with van der Waals surface area (Å²) in [6, 6.07) is 3.47. The van der Waals surface area contributed by atoms with Gasteiger partial charge in [-0.1, -0.05) is 19.3 Å². The van der Waals surface area contributed by atoms with Gasteiger partial charge in [0.1, 0.15) is 11.6 Å². The van der Waals surface area contributed by atoms with Gasteiger partial charge in [0.2, 0.25) is 0 Å². The van der Waals surface area contributed by atoms with Gasteiger partial charge in [-0.2, -0.15) is 0 Å². The first-order chi connectivity index (χ1) is 8.66. The Hall–Kier alpha value is -1.71. The Morgan fingerprint density at radius 1 is 1.28 bits per heavy atom. The first kappa shape index (κ1) is 11.4. The number of aromatic hydroxyl groups is 1. The molecule has 0 amide bonds. The first-order valence-electron chi connectivity index (χ1n) is 6.61. The molecule has 1 aromatic heterocycles. The smallest absolute Gasteiger partial charge is 0.140 e. The fraction of sp³-hybridized carbons (Fsp3) is 0.500. The summed E-state index contributed by atoms with van der Waals surface area (Å²) in [6.07, 6.45) is 6.37. The summed E-state index contributed by atoms with van der Waals surface area (Å²) in [5.41, 5.74) is 8.01. The summed E-state index contributed by atoms with van der Waals surface area (Å²) in [4.78, 5) is 4.69. The molecule has 0 bridgehead atoms. The molecule has 3 N–H and O–H groups in total. The molecule has 4 nitrogen and oxygen atoms in total. The summed E-state index contributed by atoms with van der Waals surface area (Å²) < 4.78 is 2.13. The molecule has 1 aromatic carbocycles. The van der Waals surface area contributed by atoms with Crippen LogP contribution in [-0.2, 0) is 7.05 Å². The molecule has 1 aliphatic carbocycles. The van der Waals surface area contributed by atoms with E-state index in [0.29, 0.717) is 11.6 Å². The molecule has 4 heteroatoms. The number of nitrogens with two attached hydrogens (primary N) is 1. The fourth-order valence-electron chi connectivity index (χ4n) is 2.99. The highest BCUT2D eigenvalue weighted by Crippen LogP contribution is 2.35. The van der Waals surface area contributed by atoms with Crippen molar-refractivity contribution in [2.24, 2.45) is 7.05 Å². The number of nitrogens with zero attached hydrogens (tertiary/aromatic N) is 2. The average Bonchev–Trinajstić information content (AvgIpc) is 2.69. The van der Waals surface area contributed by atoms with Gasteiger partial charge in [-0.05, 0) is 18.9 Å². The zero-order valence-electron chi connectivity index (χ0n) is 10.7. The number of phenolic OH excluding ortho intramolecular Hbond substituents is 1. The van der Waals surface area contributed by atoms with Gasteiger partial charge < -0.3 is 15.4 Å². The van der Waals surface area contributed by atoms with E-state index in [1.165, 1.54) is 32.1 Å². The minimum absolute atomic E-state index is 0.121. The molecule has 0 radical (unpaired) electrons. The average molecular weight is 245 g/mol. The van der Waals surface area contributed by atoms with Gasteiger partial charge in [-0.25, -0.2) is 4.98 Å². The van der Waals surface area contributed by atoms with E-state index in [2.05, 4.69) is 9.55 Å². The van der Waals surface area contributed by atoms with Crippen molar-refractivity contribution >= 4 is 16.7 Å². The van der Waals surface area contributed by atoms with Crippen molar-refractivity contribution in [2.45, 2.75) is 38.0 Å². The van der Waals surface area contributed by atoms with Crippen molar-refractivity contribution in [3.05, 3.63) is 18.0 Å². The maximum Gasteiger partial charge on any atom is 0.140 e. The number of aryl methyl sites for hydroxylation is 1. The molecule has 1 aliphatic rings. The molecule has 0 atom stereocenters. The number of nitrogen functional groups attached to an aromatic ring is 1. The lowest BCUT2D eigenvalue weighted by atomic mass is 9.89. The highest BCUT2D eigenvalue weighted by atomic mass is 16.3. The molecule has 0 unspecified atom stereocenters. The molecule has 0 saturated heterocycles. The van der Waals surface area contributed by atoms with E-state index in [-0.39, 0.29) is 5.75 Å². The summed E-state index contributed by atoms with van der Waals surface area (Å²) in [7, 11) is 2.04. The summed E-state index contributed by atoms with van der Waals surface area (Å²) in [5.74, 6) is 1.81. The Labute approximate surface area is 106 Å². The molecular formula is C14H19N3O. The monoisotopic (exact) mass is 245 g/mol. The van der Waals surface area contributed by atoms with Crippen LogP contribution in [-0.4, -0.2) is 14.7 Å². The Kier molecular flexibility index (Phi) is 2.65. The molecule has 3 rings (SSSR count). The molecular weight excluding hydrogens is 226 g/mol. The van der Waals surface area contributed by atoms with E-state index >= 15 is 0 Å². The SMILES string of the molecule is Cn1c(C2CCCCC2)nc2cc(O)c(N)cc21. The van der Waals surface area contributed by atoms with Gasteiger partial charge in [-0.15, -0.1) is 0 Å². The quantitative estimate of drug-likeness (QED) is 0.599. The summed E-state index contributed by atoms with van der Waals surface area (Å²) >= 11 is 0. The van der Waals surface area contributed by atoms with E-state index in [1.807, 2.05) is 13.1 Å². The zero-order valence-corrected chi connectivity index (χ0v) is 10.7. The van der Waals surface area contributed by atoms with Crippen LogP contribution in [0.3, 0.4) is 0 Å². The van der Waals surface area contributed by atoms with Crippen molar-refractivity contribution < 1.29 is 5.11 Å². The van der Waals surface area contributed by atoms with Crippen LogP contribution in [0.4, 0.5) is 5.69 Å². The normalized spacial score (nSPS) is 17.4. The van der Waals surface area contributed by atoms with Crippen molar-refractivity contribution in [3.63, 3.8) is 0 Å². The fourth-order valence-corrected chi connectivity index (χ4v) is 2.99. The van der Waals surface area contributed by atoms with Crippen molar-refractivity contribution in [3.8, 4) is 5.75 Å². The standard InChI is InChI=1S/C14H19N3O/c1-17-12-7-10(15)13(18)8-11(12)16-14(17)9-5-3-2-4-6-9/h7-9,18H,2-6,15H2,1H3. The molecule has 1 saturated carbocycles. The lowest BCUT2D eigenvalue weighted by Gasteiger charge is -2.20. The van der Waals surface area contributed by atoms with Crippen LogP contribution in [0.25, 0.3) is 11.0 Å². The van der Waals surface area contributed by atoms with Crippen LogP contribution >= 0.6 is 0 Å². The van der Waals surface area contributed by atoms with Crippen LogP contribution in [0.15, 0.2) is 12.1 Å². The lowest BCUT2D eigenvalue weighted by Crippen LogP contribution is -2.10.